The zero-order valence-corrected chi connectivity index (χ0v) is 16.6. The average molecular weight is 414 g/mol. The van der Waals surface area contributed by atoms with Crippen molar-refractivity contribution in [3.05, 3.63) is 48.8 Å². The molecule has 4 rings (SSSR count). The van der Waals surface area contributed by atoms with Crippen LogP contribution in [0, 0.1) is 5.92 Å². The van der Waals surface area contributed by atoms with E-state index in [0.717, 1.165) is 12.8 Å². The molecule has 2 amide bonds. The lowest BCUT2D eigenvalue weighted by Gasteiger charge is -2.19. The van der Waals surface area contributed by atoms with Gasteiger partial charge in [0.2, 0.25) is 21.8 Å². The lowest BCUT2D eigenvalue weighted by Crippen LogP contribution is -2.29. The van der Waals surface area contributed by atoms with Crippen LogP contribution in [0.4, 0.5) is 11.4 Å². The van der Waals surface area contributed by atoms with Gasteiger partial charge in [-0.1, -0.05) is 0 Å². The van der Waals surface area contributed by atoms with Crippen molar-refractivity contribution in [3.63, 3.8) is 0 Å². The highest BCUT2D eigenvalue weighted by Gasteiger charge is 2.35. The van der Waals surface area contributed by atoms with Crippen LogP contribution in [0.1, 0.15) is 19.3 Å². The molecule has 2 aromatic rings. The molecule has 2 aliphatic heterocycles. The normalized spacial score (nSPS) is 20.2. The number of hydrogen-bond donors (Lipinski definition) is 1. The fourth-order valence-electron chi connectivity index (χ4n) is 3.69. The lowest BCUT2D eigenvalue weighted by atomic mass is 10.1. The number of pyridine rings is 1. The topological polar surface area (TPSA) is 99.7 Å². The number of hydrogen-bond acceptors (Lipinski definition) is 5. The third-order valence-corrected chi connectivity index (χ3v) is 7.19. The average Bonchev–Trinajstić information content (AvgIpc) is 3.39. The van der Waals surface area contributed by atoms with Gasteiger partial charge in [-0.15, -0.1) is 0 Å². The second-order valence-corrected chi connectivity index (χ2v) is 9.18. The Morgan fingerprint density at radius 3 is 2.48 bits per heavy atom. The summed E-state index contributed by atoms with van der Waals surface area (Å²) in [6.45, 7) is 1.34. The number of nitrogens with one attached hydrogen (secondary N) is 1. The van der Waals surface area contributed by atoms with Crippen LogP contribution < -0.4 is 10.2 Å². The largest absolute Gasteiger partial charge is 0.324 e. The predicted molar refractivity (Wildman–Crippen MR) is 108 cm³/mol. The molecule has 2 fully saturated rings. The van der Waals surface area contributed by atoms with E-state index >= 15 is 0 Å². The maximum Gasteiger partial charge on any atom is 0.243 e. The van der Waals surface area contributed by atoms with Gasteiger partial charge in [0.25, 0.3) is 0 Å². The van der Waals surface area contributed by atoms with Crippen LogP contribution in [-0.4, -0.2) is 49.2 Å². The first-order valence-electron chi connectivity index (χ1n) is 9.56. The summed E-state index contributed by atoms with van der Waals surface area (Å²) in [7, 11) is -3.49. The van der Waals surface area contributed by atoms with Crippen molar-refractivity contribution in [3.8, 4) is 0 Å². The van der Waals surface area contributed by atoms with E-state index in [1.54, 1.807) is 36.7 Å². The SMILES string of the molecule is O=C(Nc1cccnc1)[C@H]1CC(=O)N(c2ccc(S(=O)(=O)N3CCCC3)cc2)C1. The van der Waals surface area contributed by atoms with Crippen LogP contribution in [-0.2, 0) is 19.6 Å². The maximum atomic E-state index is 12.6. The number of carbonyl (C=O) groups excluding carboxylic acids is 2. The van der Waals surface area contributed by atoms with Gasteiger partial charge in [0.1, 0.15) is 0 Å². The number of nitrogens with zero attached hydrogens (tertiary/aromatic N) is 3. The van der Waals surface area contributed by atoms with Crippen LogP contribution in [0.15, 0.2) is 53.7 Å². The lowest BCUT2D eigenvalue weighted by molar-refractivity contribution is -0.122. The Hall–Kier alpha value is -2.78. The Labute approximate surface area is 169 Å². The van der Waals surface area contributed by atoms with Gasteiger partial charge in [0.05, 0.1) is 22.7 Å². The highest BCUT2D eigenvalue weighted by Crippen LogP contribution is 2.28. The molecule has 152 valence electrons. The number of anilines is 2. The van der Waals surface area contributed by atoms with E-state index < -0.39 is 15.9 Å². The first-order valence-corrected chi connectivity index (χ1v) is 11.0. The van der Waals surface area contributed by atoms with Crippen molar-refractivity contribution >= 4 is 33.2 Å². The first-order chi connectivity index (χ1) is 13.9. The zero-order valence-electron chi connectivity index (χ0n) is 15.8. The molecule has 3 heterocycles. The van der Waals surface area contributed by atoms with Crippen molar-refractivity contribution in [1.82, 2.24) is 9.29 Å². The molecule has 0 saturated carbocycles. The van der Waals surface area contributed by atoms with E-state index in [1.807, 2.05) is 0 Å². The van der Waals surface area contributed by atoms with E-state index in [0.29, 0.717) is 24.5 Å². The Kier molecular flexibility index (Phi) is 5.33. The summed E-state index contributed by atoms with van der Waals surface area (Å²) < 4.78 is 26.8. The minimum absolute atomic E-state index is 0.111. The summed E-state index contributed by atoms with van der Waals surface area (Å²) in [5, 5.41) is 2.77. The molecule has 0 spiro atoms. The van der Waals surface area contributed by atoms with Crippen LogP contribution in [0.3, 0.4) is 0 Å². The van der Waals surface area contributed by atoms with Gasteiger partial charge >= 0.3 is 0 Å². The predicted octanol–water partition coefficient (Wildman–Crippen LogP) is 1.86. The summed E-state index contributed by atoms with van der Waals surface area (Å²) in [5.74, 6) is -0.871. The van der Waals surface area contributed by atoms with Crippen molar-refractivity contribution in [1.29, 1.82) is 0 Å². The molecular weight excluding hydrogens is 392 g/mol. The van der Waals surface area contributed by atoms with Crippen LogP contribution >= 0.6 is 0 Å². The number of carbonyl (C=O) groups is 2. The fraction of sp³-hybridized carbons (Fsp3) is 0.350. The third-order valence-electron chi connectivity index (χ3n) is 5.28. The molecule has 2 saturated heterocycles. The molecule has 0 unspecified atom stereocenters. The van der Waals surface area contributed by atoms with E-state index in [-0.39, 0.29) is 29.7 Å². The molecule has 29 heavy (non-hydrogen) atoms. The highest BCUT2D eigenvalue weighted by molar-refractivity contribution is 7.89. The Morgan fingerprint density at radius 1 is 1.10 bits per heavy atom. The standard InChI is InChI=1S/C20H22N4O4S/c25-19-12-15(20(26)22-16-4-3-9-21-13-16)14-24(19)17-5-7-18(8-6-17)29(27,28)23-10-1-2-11-23/h3-9,13,15H,1-2,10-12,14H2,(H,22,26)/t15-/m0/s1. The number of sulfonamides is 1. The number of rotatable bonds is 5. The van der Waals surface area contributed by atoms with Crippen molar-refractivity contribution in [2.75, 3.05) is 29.9 Å². The maximum absolute atomic E-state index is 12.6. The van der Waals surface area contributed by atoms with Gasteiger partial charge in [0.15, 0.2) is 0 Å². The molecule has 0 bridgehead atoms. The minimum atomic E-state index is -3.49. The minimum Gasteiger partial charge on any atom is -0.324 e. The van der Waals surface area contributed by atoms with Crippen molar-refractivity contribution < 1.29 is 18.0 Å². The van der Waals surface area contributed by atoms with Gasteiger partial charge in [-0.25, -0.2) is 8.42 Å². The molecule has 8 nitrogen and oxygen atoms in total. The molecule has 1 aromatic heterocycles. The molecule has 1 atom stereocenters. The molecule has 2 aliphatic rings. The van der Waals surface area contributed by atoms with Gasteiger partial charge in [-0.05, 0) is 49.2 Å². The number of amides is 2. The van der Waals surface area contributed by atoms with Gasteiger partial charge in [-0.2, -0.15) is 4.31 Å². The van der Waals surface area contributed by atoms with E-state index in [4.69, 9.17) is 0 Å². The number of aromatic nitrogens is 1. The summed E-state index contributed by atoms with van der Waals surface area (Å²) in [5.41, 5.74) is 1.17. The Morgan fingerprint density at radius 2 is 1.83 bits per heavy atom. The van der Waals surface area contributed by atoms with Gasteiger partial charge < -0.3 is 10.2 Å². The van der Waals surface area contributed by atoms with Gasteiger partial charge in [-0.3, -0.25) is 14.6 Å². The molecule has 1 N–H and O–H groups in total. The molecule has 0 radical (unpaired) electrons. The molecule has 0 aliphatic carbocycles. The summed E-state index contributed by atoms with van der Waals surface area (Å²) >= 11 is 0. The van der Waals surface area contributed by atoms with Gasteiger partial charge in [0, 0.05) is 37.9 Å². The molecule has 1 aromatic carbocycles. The first kappa shape index (κ1) is 19.5. The van der Waals surface area contributed by atoms with Crippen LogP contribution in [0.5, 0.6) is 0 Å². The van der Waals surface area contributed by atoms with E-state index in [2.05, 4.69) is 10.3 Å². The smallest absolute Gasteiger partial charge is 0.243 e. The van der Waals surface area contributed by atoms with E-state index in [9.17, 15) is 18.0 Å². The Balaban J connectivity index is 1.45. The molecular formula is C20H22N4O4S. The number of benzene rings is 1. The summed E-state index contributed by atoms with van der Waals surface area (Å²) in [4.78, 5) is 30.6. The summed E-state index contributed by atoms with van der Waals surface area (Å²) in [6, 6.07) is 9.77. The monoisotopic (exact) mass is 414 g/mol. The van der Waals surface area contributed by atoms with Crippen LogP contribution in [0.2, 0.25) is 0 Å². The van der Waals surface area contributed by atoms with Crippen LogP contribution in [0.25, 0.3) is 0 Å². The van der Waals surface area contributed by atoms with E-state index in [1.165, 1.54) is 21.3 Å². The third kappa shape index (κ3) is 4.01. The van der Waals surface area contributed by atoms with Crippen molar-refractivity contribution in [2.24, 2.45) is 5.92 Å². The second kappa shape index (κ2) is 7.92. The summed E-state index contributed by atoms with van der Waals surface area (Å²) in [6.07, 6.45) is 5.03. The fourth-order valence-corrected chi connectivity index (χ4v) is 5.21. The van der Waals surface area contributed by atoms with Crippen molar-refractivity contribution in [2.45, 2.75) is 24.2 Å². The highest BCUT2D eigenvalue weighted by atomic mass is 32.2. The second-order valence-electron chi connectivity index (χ2n) is 7.24. The zero-order chi connectivity index (χ0) is 20.4. The quantitative estimate of drug-likeness (QED) is 0.805. The Bertz CT molecular complexity index is 1000. The molecule has 9 heteroatoms.